The first-order valence-electron chi connectivity index (χ1n) is 9.94. The maximum absolute atomic E-state index is 13.1. The number of benzene rings is 2. The van der Waals surface area contributed by atoms with Gasteiger partial charge in [0.05, 0.1) is 5.69 Å². The van der Waals surface area contributed by atoms with Crippen LogP contribution in [0.4, 0.5) is 10.1 Å². The molecule has 1 amide bonds. The quantitative estimate of drug-likeness (QED) is 0.656. The summed E-state index contributed by atoms with van der Waals surface area (Å²) in [7, 11) is 0. The highest BCUT2D eigenvalue weighted by Gasteiger charge is 2.28. The van der Waals surface area contributed by atoms with E-state index in [2.05, 4.69) is 15.8 Å². The molecule has 0 spiro atoms. The van der Waals surface area contributed by atoms with E-state index in [-0.39, 0.29) is 17.6 Å². The van der Waals surface area contributed by atoms with Gasteiger partial charge in [0.25, 0.3) is 0 Å². The Morgan fingerprint density at radius 1 is 1.14 bits per heavy atom. The van der Waals surface area contributed by atoms with Crippen molar-refractivity contribution in [1.29, 1.82) is 0 Å². The SMILES string of the molecule is O=C(C[C@H]1CCNC[C@@H]1Cc1cc(-c2ccc(F)cc2)on1)Nc1ccccc1. The number of halogens is 1. The van der Waals surface area contributed by atoms with E-state index in [0.717, 1.165) is 42.9 Å². The third-order valence-corrected chi connectivity index (χ3v) is 5.43. The van der Waals surface area contributed by atoms with Crippen molar-refractivity contribution in [3.05, 3.63) is 72.2 Å². The number of carbonyl (C=O) groups is 1. The minimum absolute atomic E-state index is 0.0419. The molecule has 0 bridgehead atoms. The van der Waals surface area contributed by atoms with Crippen LogP contribution in [0.2, 0.25) is 0 Å². The number of hydrogen-bond acceptors (Lipinski definition) is 4. The van der Waals surface area contributed by atoms with Crippen molar-refractivity contribution in [3.8, 4) is 11.3 Å². The van der Waals surface area contributed by atoms with Crippen LogP contribution < -0.4 is 10.6 Å². The van der Waals surface area contributed by atoms with E-state index in [1.165, 1.54) is 12.1 Å². The van der Waals surface area contributed by atoms with Gasteiger partial charge in [0.15, 0.2) is 5.76 Å². The molecule has 3 aromatic rings. The molecule has 1 fully saturated rings. The van der Waals surface area contributed by atoms with Crippen LogP contribution in [-0.4, -0.2) is 24.2 Å². The van der Waals surface area contributed by atoms with E-state index in [0.29, 0.717) is 18.1 Å². The molecule has 0 unspecified atom stereocenters. The first kappa shape index (κ1) is 19.3. The summed E-state index contributed by atoms with van der Waals surface area (Å²) in [6, 6.07) is 17.6. The maximum Gasteiger partial charge on any atom is 0.224 e. The molecular formula is C23H24FN3O2. The third-order valence-electron chi connectivity index (χ3n) is 5.43. The van der Waals surface area contributed by atoms with Crippen LogP contribution in [0.15, 0.2) is 65.2 Å². The second-order valence-corrected chi connectivity index (χ2v) is 7.52. The lowest BCUT2D eigenvalue weighted by Gasteiger charge is -2.31. The predicted molar refractivity (Wildman–Crippen MR) is 110 cm³/mol. The van der Waals surface area contributed by atoms with E-state index < -0.39 is 0 Å². The summed E-state index contributed by atoms with van der Waals surface area (Å²) in [5, 5.41) is 10.6. The van der Waals surface area contributed by atoms with Gasteiger partial charge < -0.3 is 15.2 Å². The van der Waals surface area contributed by atoms with Crippen LogP contribution in [0.1, 0.15) is 18.5 Å². The van der Waals surface area contributed by atoms with Gasteiger partial charge in [0, 0.05) is 23.7 Å². The number of carbonyl (C=O) groups excluding carboxylic acids is 1. The fourth-order valence-corrected chi connectivity index (χ4v) is 3.88. The first-order chi connectivity index (χ1) is 14.2. The van der Waals surface area contributed by atoms with Gasteiger partial charge in [-0.15, -0.1) is 0 Å². The minimum Gasteiger partial charge on any atom is -0.356 e. The summed E-state index contributed by atoms with van der Waals surface area (Å²) in [6.07, 6.45) is 2.18. The van der Waals surface area contributed by atoms with Crippen molar-refractivity contribution in [3.63, 3.8) is 0 Å². The lowest BCUT2D eigenvalue weighted by Crippen LogP contribution is -2.39. The number of para-hydroxylation sites is 1. The van der Waals surface area contributed by atoms with Crippen molar-refractivity contribution in [2.75, 3.05) is 18.4 Å². The molecule has 5 nitrogen and oxygen atoms in total. The Bertz CT molecular complexity index is 940. The lowest BCUT2D eigenvalue weighted by molar-refractivity contribution is -0.117. The lowest BCUT2D eigenvalue weighted by atomic mass is 9.81. The molecule has 150 valence electrons. The Morgan fingerprint density at radius 2 is 1.93 bits per heavy atom. The molecule has 1 aliphatic heterocycles. The molecule has 1 aliphatic rings. The van der Waals surface area contributed by atoms with Crippen molar-refractivity contribution >= 4 is 11.6 Å². The molecule has 29 heavy (non-hydrogen) atoms. The van der Waals surface area contributed by atoms with Gasteiger partial charge in [0.2, 0.25) is 5.91 Å². The fraction of sp³-hybridized carbons (Fsp3) is 0.304. The normalized spacial score (nSPS) is 19.1. The molecule has 0 saturated carbocycles. The van der Waals surface area contributed by atoms with Gasteiger partial charge in [-0.1, -0.05) is 23.4 Å². The highest BCUT2D eigenvalue weighted by atomic mass is 19.1. The van der Waals surface area contributed by atoms with Crippen LogP contribution in [0.25, 0.3) is 11.3 Å². The molecule has 2 heterocycles. The molecule has 4 rings (SSSR count). The average molecular weight is 393 g/mol. The van der Waals surface area contributed by atoms with Crippen LogP contribution >= 0.6 is 0 Å². The molecule has 1 saturated heterocycles. The number of rotatable bonds is 6. The number of piperidine rings is 1. The molecule has 2 aromatic carbocycles. The van der Waals surface area contributed by atoms with Gasteiger partial charge in [-0.25, -0.2) is 4.39 Å². The third kappa shape index (κ3) is 5.09. The van der Waals surface area contributed by atoms with Gasteiger partial charge in [-0.2, -0.15) is 0 Å². The van der Waals surface area contributed by atoms with Crippen molar-refractivity contribution in [2.45, 2.75) is 19.3 Å². The standard InChI is InChI=1S/C23H24FN3O2/c24-19-8-6-16(7-9-19)22-14-21(27-29-22)12-18-15-25-11-10-17(18)13-23(28)26-20-4-2-1-3-5-20/h1-9,14,17-18,25H,10-13,15H2,(H,26,28)/t17-,18+/m1/s1. The van der Waals surface area contributed by atoms with E-state index in [1.54, 1.807) is 12.1 Å². The summed E-state index contributed by atoms with van der Waals surface area (Å²) >= 11 is 0. The minimum atomic E-state index is -0.279. The molecule has 0 radical (unpaired) electrons. The number of nitrogens with zero attached hydrogens (tertiary/aromatic N) is 1. The maximum atomic E-state index is 13.1. The van der Waals surface area contributed by atoms with Gasteiger partial charge >= 0.3 is 0 Å². The summed E-state index contributed by atoms with van der Waals surface area (Å²) in [5.41, 5.74) is 2.47. The van der Waals surface area contributed by atoms with Crippen LogP contribution in [0.5, 0.6) is 0 Å². The van der Waals surface area contributed by atoms with Crippen molar-refractivity contribution in [2.24, 2.45) is 11.8 Å². The molecule has 6 heteroatoms. The molecular weight excluding hydrogens is 369 g/mol. The van der Waals surface area contributed by atoms with Crippen LogP contribution in [0, 0.1) is 17.7 Å². The second kappa shape index (κ2) is 9.01. The smallest absolute Gasteiger partial charge is 0.224 e. The molecule has 2 atom stereocenters. The zero-order valence-electron chi connectivity index (χ0n) is 16.1. The Morgan fingerprint density at radius 3 is 2.72 bits per heavy atom. The Balaban J connectivity index is 1.39. The van der Waals surface area contributed by atoms with E-state index >= 15 is 0 Å². The highest BCUT2D eigenvalue weighted by Crippen LogP contribution is 2.28. The Labute approximate surface area is 169 Å². The summed E-state index contributed by atoms with van der Waals surface area (Å²) in [4.78, 5) is 12.5. The van der Waals surface area contributed by atoms with Crippen LogP contribution in [-0.2, 0) is 11.2 Å². The summed E-state index contributed by atoms with van der Waals surface area (Å²) in [6.45, 7) is 1.77. The largest absolute Gasteiger partial charge is 0.356 e. The average Bonchev–Trinajstić information content (AvgIpc) is 3.19. The number of amides is 1. The van der Waals surface area contributed by atoms with Crippen molar-refractivity contribution < 1.29 is 13.7 Å². The summed E-state index contributed by atoms with van der Waals surface area (Å²) in [5.74, 6) is 0.975. The van der Waals surface area contributed by atoms with Gasteiger partial charge in [-0.05, 0) is 74.2 Å². The number of anilines is 1. The Hall–Kier alpha value is -2.99. The Kier molecular flexibility index (Phi) is 6.00. The topological polar surface area (TPSA) is 67.2 Å². The molecule has 0 aliphatic carbocycles. The number of aromatic nitrogens is 1. The zero-order chi connectivity index (χ0) is 20.1. The van der Waals surface area contributed by atoms with E-state index in [9.17, 15) is 9.18 Å². The predicted octanol–water partition coefficient (Wildman–Crippen LogP) is 4.28. The zero-order valence-corrected chi connectivity index (χ0v) is 16.1. The van der Waals surface area contributed by atoms with Gasteiger partial charge in [0.1, 0.15) is 5.82 Å². The van der Waals surface area contributed by atoms with E-state index in [4.69, 9.17) is 4.52 Å². The summed E-state index contributed by atoms with van der Waals surface area (Å²) < 4.78 is 18.6. The first-order valence-corrected chi connectivity index (χ1v) is 9.94. The second-order valence-electron chi connectivity index (χ2n) is 7.52. The number of nitrogens with one attached hydrogen (secondary N) is 2. The molecule has 2 N–H and O–H groups in total. The van der Waals surface area contributed by atoms with Gasteiger partial charge in [-0.3, -0.25) is 4.79 Å². The van der Waals surface area contributed by atoms with Crippen molar-refractivity contribution in [1.82, 2.24) is 10.5 Å². The fourth-order valence-electron chi connectivity index (χ4n) is 3.88. The monoisotopic (exact) mass is 393 g/mol. The molecule has 1 aromatic heterocycles. The number of hydrogen-bond donors (Lipinski definition) is 2. The highest BCUT2D eigenvalue weighted by molar-refractivity contribution is 5.90. The van der Waals surface area contributed by atoms with E-state index in [1.807, 2.05) is 36.4 Å². The van der Waals surface area contributed by atoms with Crippen LogP contribution in [0.3, 0.4) is 0 Å².